The molecule has 4 aromatic rings. The van der Waals surface area contributed by atoms with Crippen molar-refractivity contribution in [1.82, 2.24) is 9.99 Å². The van der Waals surface area contributed by atoms with E-state index in [0.717, 1.165) is 32.4 Å². The first-order valence-electron chi connectivity index (χ1n) is 12.2. The minimum atomic E-state index is -0.454. The Balaban J connectivity index is 1.31. The van der Waals surface area contributed by atoms with Crippen LogP contribution < -0.4 is 14.9 Å². The average Bonchev–Trinajstić information content (AvgIpc) is 3.51. The third kappa shape index (κ3) is 6.76. The van der Waals surface area contributed by atoms with E-state index in [1.54, 1.807) is 18.3 Å². The lowest BCUT2D eigenvalue weighted by atomic mass is 10.2. The number of furan rings is 1. The maximum Gasteiger partial charge on any atom is 0.307 e. The van der Waals surface area contributed by atoms with Crippen LogP contribution in [0.15, 0.2) is 79.1 Å². The van der Waals surface area contributed by atoms with Gasteiger partial charge in [0, 0.05) is 17.1 Å². The van der Waals surface area contributed by atoms with Crippen LogP contribution in [0.1, 0.15) is 53.5 Å². The number of ether oxygens (including phenoxy) is 2. The lowest BCUT2D eigenvalue weighted by Crippen LogP contribution is -2.16. The summed E-state index contributed by atoms with van der Waals surface area (Å²) < 4.78 is 21.2. The van der Waals surface area contributed by atoms with E-state index in [2.05, 4.69) is 79.9 Å². The Bertz CT molecular complexity index is 1400. The van der Waals surface area contributed by atoms with Crippen molar-refractivity contribution in [2.24, 2.45) is 5.10 Å². The summed E-state index contributed by atoms with van der Waals surface area (Å²) in [6.07, 6.45) is 2.54. The molecule has 0 radical (unpaired) electrons. The van der Waals surface area contributed by atoms with Crippen LogP contribution in [0.25, 0.3) is 5.69 Å². The van der Waals surface area contributed by atoms with Crippen molar-refractivity contribution in [3.8, 4) is 17.2 Å². The van der Waals surface area contributed by atoms with Gasteiger partial charge in [0.15, 0.2) is 5.76 Å². The molecule has 0 fully saturated rings. The molecule has 2 aromatic carbocycles. The third-order valence-corrected chi connectivity index (χ3v) is 7.10. The Morgan fingerprint density at radius 1 is 1.05 bits per heavy atom. The summed E-state index contributed by atoms with van der Waals surface area (Å²) in [5.74, 6) is 1.66. The van der Waals surface area contributed by atoms with E-state index in [0.29, 0.717) is 11.5 Å². The van der Waals surface area contributed by atoms with Crippen molar-refractivity contribution in [1.29, 1.82) is 0 Å². The first kappa shape index (κ1) is 27.7. The maximum atomic E-state index is 12.5. The second kappa shape index (κ2) is 12.5. The largest absolute Gasteiger partial charge is 0.488 e. The third-order valence-electron chi connectivity index (χ3n) is 5.93. The number of halogens is 2. The molecule has 9 heteroatoms. The van der Waals surface area contributed by atoms with Crippen LogP contribution >= 0.6 is 31.9 Å². The van der Waals surface area contributed by atoms with E-state index < -0.39 is 5.91 Å². The monoisotopic (exact) mass is 641 g/mol. The zero-order valence-corrected chi connectivity index (χ0v) is 24.8. The predicted octanol–water partition coefficient (Wildman–Crippen LogP) is 7.73. The van der Waals surface area contributed by atoms with Crippen molar-refractivity contribution in [2.45, 2.75) is 46.8 Å². The standard InChI is InChI=1S/C29H29Br2N3O4/c1-5-20(4)37-28-25(30)14-21(15-26(28)31)16-32-33-29(35)27-13-12-24(38-27)17-36-23-10-8-22(9-11-23)34-18(2)6-7-19(34)3/h6-16,20H,5,17H2,1-4H3,(H,33,35)/b32-16+/t20-/m0/s1. The van der Waals surface area contributed by atoms with Crippen LogP contribution in [0.3, 0.4) is 0 Å². The minimum Gasteiger partial charge on any atom is -0.488 e. The summed E-state index contributed by atoms with van der Waals surface area (Å²) in [6, 6.07) is 19.1. The lowest BCUT2D eigenvalue weighted by molar-refractivity contribution is 0.0923. The summed E-state index contributed by atoms with van der Waals surface area (Å²) in [5.41, 5.74) is 6.69. The van der Waals surface area contributed by atoms with Crippen molar-refractivity contribution in [2.75, 3.05) is 0 Å². The first-order chi connectivity index (χ1) is 18.2. The van der Waals surface area contributed by atoms with E-state index in [1.807, 2.05) is 43.3 Å². The van der Waals surface area contributed by atoms with Gasteiger partial charge in [0.25, 0.3) is 0 Å². The lowest BCUT2D eigenvalue weighted by Gasteiger charge is -2.16. The molecule has 0 aliphatic heterocycles. The molecule has 1 N–H and O–H groups in total. The van der Waals surface area contributed by atoms with Gasteiger partial charge in [-0.1, -0.05) is 6.92 Å². The van der Waals surface area contributed by atoms with Crippen LogP contribution in [0, 0.1) is 13.8 Å². The smallest absolute Gasteiger partial charge is 0.307 e. The number of carbonyl (C=O) groups is 1. The van der Waals surface area contributed by atoms with Gasteiger partial charge >= 0.3 is 5.91 Å². The number of amides is 1. The van der Waals surface area contributed by atoms with E-state index in [1.165, 1.54) is 11.4 Å². The van der Waals surface area contributed by atoms with E-state index in [-0.39, 0.29) is 18.5 Å². The molecular formula is C29H29Br2N3O4. The number of hydrogen-bond donors (Lipinski definition) is 1. The Morgan fingerprint density at radius 3 is 2.34 bits per heavy atom. The van der Waals surface area contributed by atoms with Gasteiger partial charge < -0.3 is 18.5 Å². The van der Waals surface area contributed by atoms with Gasteiger partial charge in [0.1, 0.15) is 23.9 Å². The Morgan fingerprint density at radius 2 is 1.71 bits per heavy atom. The molecule has 0 saturated heterocycles. The van der Waals surface area contributed by atoms with Crippen LogP contribution in [0.4, 0.5) is 0 Å². The number of hydrogen-bond acceptors (Lipinski definition) is 5. The van der Waals surface area contributed by atoms with E-state index in [9.17, 15) is 4.79 Å². The van der Waals surface area contributed by atoms with Crippen molar-refractivity contribution in [3.63, 3.8) is 0 Å². The van der Waals surface area contributed by atoms with Crippen LogP contribution in [-0.2, 0) is 6.61 Å². The number of aryl methyl sites for hydroxylation is 2. The van der Waals surface area contributed by atoms with E-state index in [4.69, 9.17) is 13.9 Å². The van der Waals surface area contributed by atoms with Crippen LogP contribution in [0.5, 0.6) is 11.5 Å². The Kier molecular flexibility index (Phi) is 9.12. The molecule has 38 heavy (non-hydrogen) atoms. The normalized spacial score (nSPS) is 12.1. The highest BCUT2D eigenvalue weighted by Crippen LogP contribution is 2.35. The van der Waals surface area contributed by atoms with Gasteiger partial charge in [-0.3, -0.25) is 4.79 Å². The number of nitrogens with zero attached hydrogens (tertiary/aromatic N) is 2. The number of benzene rings is 2. The van der Waals surface area contributed by atoms with E-state index >= 15 is 0 Å². The zero-order chi connectivity index (χ0) is 27.2. The molecule has 2 aromatic heterocycles. The summed E-state index contributed by atoms with van der Waals surface area (Å²) in [5, 5.41) is 4.05. The average molecular weight is 643 g/mol. The highest BCUT2D eigenvalue weighted by atomic mass is 79.9. The summed E-state index contributed by atoms with van der Waals surface area (Å²) in [4.78, 5) is 12.5. The first-order valence-corrected chi connectivity index (χ1v) is 13.8. The number of carbonyl (C=O) groups excluding carboxylic acids is 1. The molecule has 0 saturated carbocycles. The molecule has 0 spiro atoms. The van der Waals surface area contributed by atoms with Crippen molar-refractivity contribution >= 4 is 44.0 Å². The maximum absolute atomic E-state index is 12.5. The zero-order valence-electron chi connectivity index (χ0n) is 21.6. The molecule has 1 amide bonds. The molecule has 0 aliphatic carbocycles. The second-order valence-electron chi connectivity index (χ2n) is 8.85. The number of hydrazone groups is 1. The van der Waals surface area contributed by atoms with Gasteiger partial charge in [-0.25, -0.2) is 5.43 Å². The molecule has 0 bridgehead atoms. The molecule has 0 aliphatic rings. The summed E-state index contributed by atoms with van der Waals surface area (Å²) >= 11 is 7.07. The number of rotatable bonds is 10. The quantitative estimate of drug-likeness (QED) is 0.142. The number of aromatic nitrogens is 1. The fraction of sp³-hybridized carbons (Fsp3) is 0.241. The highest BCUT2D eigenvalue weighted by molar-refractivity contribution is 9.11. The fourth-order valence-corrected chi connectivity index (χ4v) is 5.18. The summed E-state index contributed by atoms with van der Waals surface area (Å²) in [6.45, 7) is 8.43. The molecular weight excluding hydrogens is 614 g/mol. The van der Waals surface area contributed by atoms with Gasteiger partial charge in [0.05, 0.1) is 21.3 Å². The Labute approximate surface area is 239 Å². The topological polar surface area (TPSA) is 78.0 Å². The molecule has 1 atom stereocenters. The molecule has 4 rings (SSSR count). The van der Waals surface area contributed by atoms with Gasteiger partial charge in [-0.2, -0.15) is 5.10 Å². The summed E-state index contributed by atoms with van der Waals surface area (Å²) in [7, 11) is 0. The molecule has 2 heterocycles. The molecule has 0 unspecified atom stereocenters. The number of nitrogens with one attached hydrogen (secondary N) is 1. The van der Waals surface area contributed by atoms with Crippen molar-refractivity contribution in [3.05, 3.63) is 98.1 Å². The fourth-order valence-electron chi connectivity index (χ4n) is 3.77. The SMILES string of the molecule is CC[C@H](C)Oc1c(Br)cc(/C=N/NC(=O)c2ccc(COc3ccc(-n4c(C)ccc4C)cc3)o2)cc1Br. The van der Waals surface area contributed by atoms with Gasteiger partial charge in [0.2, 0.25) is 0 Å². The van der Waals surface area contributed by atoms with Crippen LogP contribution in [0.2, 0.25) is 0 Å². The molecule has 198 valence electrons. The van der Waals surface area contributed by atoms with Crippen molar-refractivity contribution < 1.29 is 18.7 Å². The predicted molar refractivity (Wildman–Crippen MR) is 156 cm³/mol. The molecule has 7 nitrogen and oxygen atoms in total. The second-order valence-corrected chi connectivity index (χ2v) is 10.6. The highest BCUT2D eigenvalue weighted by Gasteiger charge is 2.13. The van der Waals surface area contributed by atoms with Gasteiger partial charge in [-0.15, -0.1) is 0 Å². The Hall–Kier alpha value is -3.30. The minimum absolute atomic E-state index is 0.0919. The van der Waals surface area contributed by atoms with Gasteiger partial charge in [-0.05, 0) is 125 Å². The van der Waals surface area contributed by atoms with Crippen LogP contribution in [-0.4, -0.2) is 22.8 Å².